The van der Waals surface area contributed by atoms with Gasteiger partial charge in [0.1, 0.15) is 6.04 Å². The van der Waals surface area contributed by atoms with Crippen LogP contribution in [0.1, 0.15) is 38.6 Å². The van der Waals surface area contributed by atoms with Crippen LogP contribution in [-0.2, 0) is 16.0 Å². The van der Waals surface area contributed by atoms with Crippen molar-refractivity contribution in [2.45, 2.75) is 46.1 Å². The van der Waals surface area contributed by atoms with E-state index in [1.54, 1.807) is 11.3 Å². The highest BCUT2D eigenvalue weighted by atomic mass is 32.1. The Morgan fingerprint density at radius 3 is 2.52 bits per heavy atom. The van der Waals surface area contributed by atoms with Gasteiger partial charge in [-0.3, -0.25) is 9.59 Å². The third-order valence-electron chi connectivity index (χ3n) is 4.38. The lowest BCUT2D eigenvalue weighted by Crippen LogP contribution is -2.48. The zero-order valence-corrected chi connectivity index (χ0v) is 14.4. The molecule has 1 aromatic carbocycles. The summed E-state index contributed by atoms with van der Waals surface area (Å²) in [7, 11) is 0. The van der Waals surface area contributed by atoms with E-state index in [4.69, 9.17) is 5.11 Å². The van der Waals surface area contributed by atoms with Crippen LogP contribution in [-0.4, -0.2) is 28.0 Å². The number of aromatic nitrogens is 1. The number of nitrogens with zero attached hydrogens (tertiary/aromatic N) is 1. The molecule has 0 unspecified atom stereocenters. The molecule has 5 nitrogen and oxygen atoms in total. The molecule has 0 spiro atoms. The SMILES string of the molecule is CCC(CC)(Cc1nc2ccccc2s1)C(=O)N[C@@H](C)C(=O)O. The van der Waals surface area contributed by atoms with Gasteiger partial charge in [-0.2, -0.15) is 0 Å². The van der Waals surface area contributed by atoms with Gasteiger partial charge in [0.05, 0.1) is 20.6 Å². The van der Waals surface area contributed by atoms with E-state index in [1.165, 1.54) is 6.92 Å². The predicted molar refractivity (Wildman–Crippen MR) is 91.6 cm³/mol. The first-order valence-corrected chi connectivity index (χ1v) is 8.61. The highest BCUT2D eigenvalue weighted by Gasteiger charge is 2.37. The molecule has 23 heavy (non-hydrogen) atoms. The van der Waals surface area contributed by atoms with Crippen LogP contribution >= 0.6 is 11.3 Å². The van der Waals surface area contributed by atoms with Crippen LogP contribution in [0.15, 0.2) is 24.3 Å². The Morgan fingerprint density at radius 1 is 1.30 bits per heavy atom. The molecule has 6 heteroatoms. The highest BCUT2D eigenvalue weighted by molar-refractivity contribution is 7.18. The summed E-state index contributed by atoms with van der Waals surface area (Å²) in [6.07, 6.45) is 1.80. The number of para-hydroxylation sites is 1. The van der Waals surface area contributed by atoms with Crippen molar-refractivity contribution >= 4 is 33.4 Å². The molecule has 0 fully saturated rings. The number of rotatable bonds is 7. The number of fused-ring (bicyclic) bond motifs is 1. The zero-order valence-electron chi connectivity index (χ0n) is 13.6. The molecule has 124 valence electrons. The van der Waals surface area contributed by atoms with Gasteiger partial charge < -0.3 is 10.4 Å². The molecule has 0 aliphatic rings. The maximum absolute atomic E-state index is 12.7. The first kappa shape index (κ1) is 17.4. The molecule has 0 bridgehead atoms. The van der Waals surface area contributed by atoms with Gasteiger partial charge in [-0.1, -0.05) is 26.0 Å². The normalized spacial score (nSPS) is 13.0. The topological polar surface area (TPSA) is 79.3 Å². The van der Waals surface area contributed by atoms with Gasteiger partial charge in [-0.25, -0.2) is 4.98 Å². The van der Waals surface area contributed by atoms with Gasteiger partial charge in [0.25, 0.3) is 0 Å². The first-order valence-electron chi connectivity index (χ1n) is 7.80. The minimum atomic E-state index is -1.03. The summed E-state index contributed by atoms with van der Waals surface area (Å²) < 4.78 is 1.10. The van der Waals surface area contributed by atoms with Crippen molar-refractivity contribution in [1.29, 1.82) is 0 Å². The van der Waals surface area contributed by atoms with E-state index in [1.807, 2.05) is 38.1 Å². The molecule has 2 rings (SSSR count). The Labute approximate surface area is 139 Å². The van der Waals surface area contributed by atoms with Crippen molar-refractivity contribution in [3.63, 3.8) is 0 Å². The molecule has 2 N–H and O–H groups in total. The van der Waals surface area contributed by atoms with Crippen molar-refractivity contribution in [1.82, 2.24) is 10.3 Å². The molecule has 1 aromatic heterocycles. The van der Waals surface area contributed by atoms with Crippen molar-refractivity contribution in [3.8, 4) is 0 Å². The maximum atomic E-state index is 12.7. The van der Waals surface area contributed by atoms with Crippen LogP contribution in [0.5, 0.6) is 0 Å². The average molecular weight is 334 g/mol. The van der Waals surface area contributed by atoms with Crippen molar-refractivity contribution in [3.05, 3.63) is 29.3 Å². The second-order valence-electron chi connectivity index (χ2n) is 5.77. The quantitative estimate of drug-likeness (QED) is 0.815. The second kappa shape index (κ2) is 7.08. The van der Waals surface area contributed by atoms with E-state index in [9.17, 15) is 9.59 Å². The Morgan fingerprint density at radius 2 is 1.96 bits per heavy atom. The number of benzene rings is 1. The number of carboxylic acids is 1. The fourth-order valence-electron chi connectivity index (χ4n) is 2.60. The van der Waals surface area contributed by atoms with E-state index in [-0.39, 0.29) is 5.91 Å². The number of carbonyl (C=O) groups excluding carboxylic acids is 1. The lowest BCUT2D eigenvalue weighted by Gasteiger charge is -2.30. The Kier molecular flexibility index (Phi) is 5.36. The van der Waals surface area contributed by atoms with Crippen LogP contribution in [0, 0.1) is 5.41 Å². The molecule has 0 aliphatic heterocycles. The van der Waals surface area contributed by atoms with Crippen molar-refractivity contribution in [2.75, 3.05) is 0 Å². The summed E-state index contributed by atoms with van der Waals surface area (Å²) in [6, 6.07) is 7.00. The highest BCUT2D eigenvalue weighted by Crippen LogP contribution is 2.34. The summed E-state index contributed by atoms with van der Waals surface area (Å²) in [5.41, 5.74) is 0.310. The number of hydrogen-bond donors (Lipinski definition) is 2. The summed E-state index contributed by atoms with van der Waals surface area (Å²) >= 11 is 1.59. The van der Waals surface area contributed by atoms with Gasteiger partial charge in [-0.05, 0) is 31.9 Å². The van der Waals surface area contributed by atoms with Crippen LogP contribution in [0.3, 0.4) is 0 Å². The van der Waals surface area contributed by atoms with E-state index in [2.05, 4.69) is 10.3 Å². The summed E-state index contributed by atoms with van der Waals surface area (Å²) in [4.78, 5) is 28.3. The number of hydrogen-bond acceptors (Lipinski definition) is 4. The molecule has 1 atom stereocenters. The van der Waals surface area contributed by atoms with E-state index >= 15 is 0 Å². The molecular formula is C17H22N2O3S. The maximum Gasteiger partial charge on any atom is 0.325 e. The molecule has 1 heterocycles. The van der Waals surface area contributed by atoms with Crippen LogP contribution in [0.4, 0.5) is 0 Å². The average Bonchev–Trinajstić information content (AvgIpc) is 2.94. The first-order chi connectivity index (χ1) is 10.9. The van der Waals surface area contributed by atoms with Crippen LogP contribution in [0.2, 0.25) is 0 Å². The lowest BCUT2D eigenvalue weighted by molar-refractivity contribution is -0.143. The number of aliphatic carboxylic acids is 1. The summed E-state index contributed by atoms with van der Waals surface area (Å²) in [5.74, 6) is -1.24. The Hall–Kier alpha value is -1.95. The molecule has 1 amide bonds. The third-order valence-corrected chi connectivity index (χ3v) is 5.42. The van der Waals surface area contributed by atoms with Crippen LogP contribution < -0.4 is 5.32 Å². The zero-order chi connectivity index (χ0) is 17.0. The van der Waals surface area contributed by atoms with Gasteiger partial charge in [0.2, 0.25) is 5.91 Å². The molecule has 0 saturated carbocycles. The van der Waals surface area contributed by atoms with Gasteiger partial charge in [-0.15, -0.1) is 11.3 Å². The predicted octanol–water partition coefficient (Wildman–Crippen LogP) is 3.23. The van der Waals surface area contributed by atoms with E-state index in [0.29, 0.717) is 19.3 Å². The number of carboxylic acid groups (broad SMARTS) is 1. The smallest absolute Gasteiger partial charge is 0.325 e. The van der Waals surface area contributed by atoms with Gasteiger partial charge in [0.15, 0.2) is 0 Å². The number of thiazole rings is 1. The molecule has 0 radical (unpaired) electrons. The lowest BCUT2D eigenvalue weighted by atomic mass is 9.78. The summed E-state index contributed by atoms with van der Waals surface area (Å²) in [6.45, 7) is 5.40. The Bertz CT molecular complexity index is 674. The minimum absolute atomic E-state index is 0.211. The number of carbonyl (C=O) groups is 2. The molecule has 0 saturated heterocycles. The molecule has 2 aromatic rings. The number of nitrogens with one attached hydrogen (secondary N) is 1. The minimum Gasteiger partial charge on any atom is -0.480 e. The van der Waals surface area contributed by atoms with Crippen molar-refractivity contribution in [2.24, 2.45) is 5.41 Å². The molecular weight excluding hydrogens is 312 g/mol. The van der Waals surface area contributed by atoms with E-state index in [0.717, 1.165) is 15.2 Å². The van der Waals surface area contributed by atoms with E-state index < -0.39 is 17.4 Å². The Balaban J connectivity index is 2.25. The van der Waals surface area contributed by atoms with Gasteiger partial charge >= 0.3 is 5.97 Å². The fourth-order valence-corrected chi connectivity index (χ4v) is 3.71. The fraction of sp³-hybridized carbons (Fsp3) is 0.471. The second-order valence-corrected chi connectivity index (χ2v) is 6.89. The standard InChI is InChI=1S/C17H22N2O3S/c1-4-17(5-2,16(22)18-11(3)15(20)21)10-14-19-12-8-6-7-9-13(12)23-14/h6-9,11H,4-5,10H2,1-3H3,(H,18,22)(H,20,21)/t11-/m0/s1. The number of amides is 1. The monoisotopic (exact) mass is 334 g/mol. The van der Waals surface area contributed by atoms with Crippen LogP contribution in [0.25, 0.3) is 10.2 Å². The van der Waals surface area contributed by atoms with Crippen molar-refractivity contribution < 1.29 is 14.7 Å². The summed E-state index contributed by atoms with van der Waals surface area (Å²) in [5, 5.41) is 12.5. The van der Waals surface area contributed by atoms with Gasteiger partial charge in [0, 0.05) is 6.42 Å². The third kappa shape index (κ3) is 3.69. The molecule has 0 aliphatic carbocycles. The largest absolute Gasteiger partial charge is 0.480 e.